The van der Waals surface area contributed by atoms with E-state index in [0.717, 1.165) is 12.8 Å². The highest BCUT2D eigenvalue weighted by Crippen LogP contribution is 2.45. The number of aliphatic carboxylic acids is 1. The second-order valence-corrected chi connectivity index (χ2v) is 5.25. The molecule has 3 atom stereocenters. The minimum Gasteiger partial charge on any atom is -0.481 e. The fraction of sp³-hybridized carbons (Fsp3) is 0.500. The van der Waals surface area contributed by atoms with Gasteiger partial charge in [-0.15, -0.1) is 12.4 Å². The number of carboxylic acids is 1. The molecule has 0 aromatic heterocycles. The van der Waals surface area contributed by atoms with Crippen LogP contribution < -0.4 is 5.73 Å². The van der Waals surface area contributed by atoms with Crippen molar-refractivity contribution in [2.75, 3.05) is 0 Å². The van der Waals surface area contributed by atoms with E-state index in [9.17, 15) is 4.79 Å². The monoisotopic (exact) mass is 269 g/mol. The van der Waals surface area contributed by atoms with Gasteiger partial charge in [0.2, 0.25) is 0 Å². The van der Waals surface area contributed by atoms with Gasteiger partial charge in [-0.25, -0.2) is 0 Å². The number of benzene rings is 1. The van der Waals surface area contributed by atoms with E-state index in [1.165, 1.54) is 5.56 Å². The third-order valence-electron chi connectivity index (χ3n) is 4.08. The summed E-state index contributed by atoms with van der Waals surface area (Å²) in [5.74, 6) is -0.00179. The van der Waals surface area contributed by atoms with E-state index in [0.29, 0.717) is 5.92 Å². The summed E-state index contributed by atoms with van der Waals surface area (Å²) in [4.78, 5) is 10.7. The lowest BCUT2D eigenvalue weighted by Crippen LogP contribution is -2.60. The number of carbonyl (C=O) groups is 1. The lowest BCUT2D eigenvalue weighted by molar-refractivity contribution is -0.141. The Morgan fingerprint density at radius 2 is 2.06 bits per heavy atom. The van der Waals surface area contributed by atoms with Gasteiger partial charge in [0.05, 0.1) is 6.42 Å². The number of rotatable bonds is 4. The molecule has 2 rings (SSSR count). The van der Waals surface area contributed by atoms with Crippen LogP contribution in [0.3, 0.4) is 0 Å². The maximum absolute atomic E-state index is 10.7. The third kappa shape index (κ3) is 3.03. The highest BCUT2D eigenvalue weighted by molar-refractivity contribution is 5.85. The molecule has 1 saturated carbocycles. The van der Waals surface area contributed by atoms with Crippen molar-refractivity contribution >= 4 is 18.4 Å². The summed E-state index contributed by atoms with van der Waals surface area (Å²) in [6.45, 7) is 2.07. The third-order valence-corrected chi connectivity index (χ3v) is 4.08. The van der Waals surface area contributed by atoms with Gasteiger partial charge in [-0.1, -0.05) is 37.3 Å². The lowest BCUT2D eigenvalue weighted by atomic mass is 9.57. The molecule has 0 bridgehead atoms. The minimum absolute atomic E-state index is 0. The molecule has 0 heterocycles. The summed E-state index contributed by atoms with van der Waals surface area (Å²) in [6.07, 6.45) is 1.90. The van der Waals surface area contributed by atoms with Crippen molar-refractivity contribution in [2.24, 2.45) is 17.6 Å². The molecular formula is C14H20ClNO2. The zero-order valence-corrected chi connectivity index (χ0v) is 11.3. The Kier molecular flexibility index (Phi) is 4.77. The van der Waals surface area contributed by atoms with Crippen LogP contribution in [0.1, 0.15) is 25.3 Å². The average molecular weight is 270 g/mol. The molecule has 0 spiro atoms. The highest BCUT2D eigenvalue weighted by atomic mass is 35.5. The zero-order valence-electron chi connectivity index (χ0n) is 10.5. The quantitative estimate of drug-likeness (QED) is 0.883. The predicted molar refractivity (Wildman–Crippen MR) is 73.8 cm³/mol. The molecule has 0 amide bonds. The number of nitrogens with two attached hydrogens (primary N) is 1. The second-order valence-electron chi connectivity index (χ2n) is 5.25. The minimum atomic E-state index is -0.794. The van der Waals surface area contributed by atoms with Gasteiger partial charge in [-0.05, 0) is 30.2 Å². The Morgan fingerprint density at radius 1 is 1.44 bits per heavy atom. The number of hydrogen-bond donors (Lipinski definition) is 2. The molecule has 1 aliphatic carbocycles. The smallest absolute Gasteiger partial charge is 0.305 e. The molecule has 1 aliphatic rings. The molecule has 0 aliphatic heterocycles. The fourth-order valence-electron chi connectivity index (χ4n) is 2.84. The first-order valence-electron chi connectivity index (χ1n) is 6.06. The maximum Gasteiger partial charge on any atom is 0.305 e. The standard InChI is InChI=1S/C14H19NO2.ClH/c1-10-12(7-11-5-3-2-4-6-11)8-14(10,15)9-13(16)17;/h2-6,10,12H,7-9,15H2,1H3,(H,16,17);1H. The largest absolute Gasteiger partial charge is 0.481 e. The van der Waals surface area contributed by atoms with Crippen LogP contribution in [0.5, 0.6) is 0 Å². The van der Waals surface area contributed by atoms with Crippen LogP contribution in [-0.2, 0) is 11.2 Å². The molecule has 1 fully saturated rings. The number of hydrogen-bond acceptors (Lipinski definition) is 2. The fourth-order valence-corrected chi connectivity index (χ4v) is 2.84. The van der Waals surface area contributed by atoms with Crippen LogP contribution in [0.4, 0.5) is 0 Å². The van der Waals surface area contributed by atoms with E-state index < -0.39 is 11.5 Å². The molecule has 3 N–H and O–H groups in total. The molecule has 0 saturated heterocycles. The van der Waals surface area contributed by atoms with E-state index in [-0.39, 0.29) is 24.7 Å². The summed E-state index contributed by atoms with van der Waals surface area (Å²) in [5, 5.41) is 8.83. The van der Waals surface area contributed by atoms with E-state index in [4.69, 9.17) is 10.8 Å². The summed E-state index contributed by atoms with van der Waals surface area (Å²) in [7, 11) is 0. The van der Waals surface area contributed by atoms with Gasteiger partial charge in [0.15, 0.2) is 0 Å². The average Bonchev–Trinajstić information content (AvgIpc) is 2.28. The van der Waals surface area contributed by atoms with Crippen molar-refractivity contribution in [3.63, 3.8) is 0 Å². The number of carboxylic acid groups (broad SMARTS) is 1. The molecule has 100 valence electrons. The van der Waals surface area contributed by atoms with Crippen molar-refractivity contribution < 1.29 is 9.90 Å². The number of halogens is 1. The van der Waals surface area contributed by atoms with Crippen LogP contribution >= 0.6 is 12.4 Å². The van der Waals surface area contributed by atoms with Crippen LogP contribution in [0.2, 0.25) is 0 Å². The Balaban J connectivity index is 0.00000162. The Bertz CT molecular complexity index is 410. The van der Waals surface area contributed by atoms with Crippen LogP contribution in [0.15, 0.2) is 30.3 Å². The van der Waals surface area contributed by atoms with Gasteiger partial charge in [-0.3, -0.25) is 4.79 Å². The lowest BCUT2D eigenvalue weighted by Gasteiger charge is -2.51. The van der Waals surface area contributed by atoms with Crippen LogP contribution in [-0.4, -0.2) is 16.6 Å². The van der Waals surface area contributed by atoms with Crippen LogP contribution in [0, 0.1) is 11.8 Å². The highest BCUT2D eigenvalue weighted by Gasteiger charge is 2.49. The Hall–Kier alpha value is -1.06. The Labute approximate surface area is 114 Å². The van der Waals surface area contributed by atoms with Crippen molar-refractivity contribution in [1.82, 2.24) is 0 Å². The van der Waals surface area contributed by atoms with Gasteiger partial charge >= 0.3 is 5.97 Å². The molecule has 3 nitrogen and oxygen atoms in total. The van der Waals surface area contributed by atoms with Crippen molar-refractivity contribution in [1.29, 1.82) is 0 Å². The molecule has 1 aromatic rings. The van der Waals surface area contributed by atoms with Crippen LogP contribution in [0.25, 0.3) is 0 Å². The maximum atomic E-state index is 10.7. The molecule has 1 aromatic carbocycles. The second kappa shape index (κ2) is 5.72. The van der Waals surface area contributed by atoms with E-state index in [1.807, 2.05) is 18.2 Å². The van der Waals surface area contributed by atoms with Gasteiger partial charge in [-0.2, -0.15) is 0 Å². The summed E-state index contributed by atoms with van der Waals surface area (Å²) in [5.41, 5.74) is 6.92. The zero-order chi connectivity index (χ0) is 12.5. The summed E-state index contributed by atoms with van der Waals surface area (Å²) < 4.78 is 0. The van der Waals surface area contributed by atoms with Gasteiger partial charge in [0.1, 0.15) is 0 Å². The first-order valence-corrected chi connectivity index (χ1v) is 6.06. The summed E-state index contributed by atoms with van der Waals surface area (Å²) in [6, 6.07) is 10.3. The first-order chi connectivity index (χ1) is 8.01. The molecule has 3 unspecified atom stereocenters. The normalized spacial score (nSPS) is 30.1. The molecule has 0 radical (unpaired) electrons. The van der Waals surface area contributed by atoms with E-state index >= 15 is 0 Å². The van der Waals surface area contributed by atoms with Gasteiger partial charge in [0.25, 0.3) is 0 Å². The summed E-state index contributed by atoms with van der Waals surface area (Å²) >= 11 is 0. The van der Waals surface area contributed by atoms with Gasteiger partial charge in [0, 0.05) is 5.54 Å². The van der Waals surface area contributed by atoms with Crippen molar-refractivity contribution in [3.05, 3.63) is 35.9 Å². The molecule has 18 heavy (non-hydrogen) atoms. The van der Waals surface area contributed by atoms with E-state index in [2.05, 4.69) is 19.1 Å². The van der Waals surface area contributed by atoms with Crippen molar-refractivity contribution in [2.45, 2.75) is 31.7 Å². The topological polar surface area (TPSA) is 63.3 Å². The first kappa shape index (κ1) is 15.0. The molecular weight excluding hydrogens is 250 g/mol. The van der Waals surface area contributed by atoms with Gasteiger partial charge < -0.3 is 10.8 Å². The Morgan fingerprint density at radius 3 is 2.56 bits per heavy atom. The SMILES string of the molecule is CC1C(Cc2ccccc2)CC1(N)CC(=O)O.Cl. The van der Waals surface area contributed by atoms with E-state index in [1.54, 1.807) is 0 Å². The molecule has 4 heteroatoms. The predicted octanol–water partition coefficient (Wildman–Crippen LogP) is 2.48. The van der Waals surface area contributed by atoms with Crippen molar-refractivity contribution in [3.8, 4) is 0 Å².